The van der Waals surface area contributed by atoms with Gasteiger partial charge < -0.3 is 15.7 Å². The lowest BCUT2D eigenvalue weighted by Crippen LogP contribution is -2.46. The molecule has 0 bridgehead atoms. The molecule has 0 aromatic rings. The summed E-state index contributed by atoms with van der Waals surface area (Å²) in [6, 6.07) is -1.37. The van der Waals surface area contributed by atoms with Gasteiger partial charge in [-0.1, -0.05) is 13.8 Å². The van der Waals surface area contributed by atoms with Crippen LogP contribution in [0.15, 0.2) is 0 Å². The van der Waals surface area contributed by atoms with Crippen molar-refractivity contribution in [2.45, 2.75) is 32.7 Å². The van der Waals surface area contributed by atoms with Crippen molar-refractivity contribution in [1.82, 2.24) is 10.6 Å². The topological polar surface area (TPSA) is 95.5 Å². The maximum Gasteiger partial charge on any atom is 0.326 e. The minimum atomic E-state index is -1.03. The fourth-order valence-corrected chi connectivity index (χ4v) is 1.93. The molecule has 0 spiro atoms. The highest BCUT2D eigenvalue weighted by Crippen LogP contribution is 2.04. The summed E-state index contributed by atoms with van der Waals surface area (Å²) in [6.07, 6.45) is 2.60. The molecule has 0 fully saturated rings. The average Bonchev–Trinajstić information content (AvgIpc) is 2.22. The number of carboxylic acids is 1. The molecule has 18 heavy (non-hydrogen) atoms. The predicted octanol–water partition coefficient (Wildman–Crippen LogP) is 0.554. The summed E-state index contributed by atoms with van der Waals surface area (Å²) in [5.74, 6) is -0.323. The van der Waals surface area contributed by atoms with E-state index in [1.165, 1.54) is 0 Å². The van der Waals surface area contributed by atoms with Crippen LogP contribution < -0.4 is 10.6 Å². The van der Waals surface area contributed by atoms with E-state index in [0.717, 1.165) is 0 Å². The normalized spacial score (nSPS) is 14.0. The highest BCUT2D eigenvalue weighted by molar-refractivity contribution is 7.84. The molecular formula is C11H22N2O4S. The molecule has 0 heterocycles. The number of carboxylic acid groups (broad SMARTS) is 1. The van der Waals surface area contributed by atoms with E-state index in [1.54, 1.807) is 6.26 Å². The van der Waals surface area contributed by atoms with E-state index in [1.807, 2.05) is 13.8 Å². The van der Waals surface area contributed by atoms with Gasteiger partial charge in [0.25, 0.3) is 0 Å². The summed E-state index contributed by atoms with van der Waals surface area (Å²) < 4.78 is 10.8. The van der Waals surface area contributed by atoms with Gasteiger partial charge in [-0.15, -0.1) is 0 Å². The van der Waals surface area contributed by atoms with Crippen LogP contribution in [0.4, 0.5) is 4.79 Å². The molecule has 2 amide bonds. The van der Waals surface area contributed by atoms with E-state index in [0.29, 0.717) is 25.1 Å². The van der Waals surface area contributed by atoms with Gasteiger partial charge in [-0.3, -0.25) is 4.21 Å². The van der Waals surface area contributed by atoms with Crippen molar-refractivity contribution in [1.29, 1.82) is 0 Å². The van der Waals surface area contributed by atoms with Crippen LogP contribution >= 0.6 is 0 Å². The van der Waals surface area contributed by atoms with E-state index in [2.05, 4.69) is 10.6 Å². The van der Waals surface area contributed by atoms with E-state index in [4.69, 9.17) is 5.11 Å². The van der Waals surface area contributed by atoms with Gasteiger partial charge in [-0.05, 0) is 18.8 Å². The van der Waals surface area contributed by atoms with Crippen LogP contribution in [-0.4, -0.2) is 45.9 Å². The van der Waals surface area contributed by atoms with Gasteiger partial charge in [-0.25, -0.2) is 9.59 Å². The van der Waals surface area contributed by atoms with Crippen LogP contribution in [0.3, 0.4) is 0 Å². The van der Waals surface area contributed by atoms with Crippen molar-refractivity contribution >= 4 is 22.8 Å². The number of hydrogen-bond acceptors (Lipinski definition) is 3. The third-order valence-corrected chi connectivity index (χ3v) is 3.07. The number of hydrogen-bond donors (Lipinski definition) is 3. The molecule has 106 valence electrons. The number of rotatable bonds is 8. The molecule has 0 aliphatic carbocycles. The summed E-state index contributed by atoms with van der Waals surface area (Å²) in [7, 11) is -0.872. The maximum absolute atomic E-state index is 11.4. The first-order chi connectivity index (χ1) is 8.32. The second-order valence-corrected chi connectivity index (χ2v) is 6.11. The van der Waals surface area contributed by atoms with Crippen LogP contribution in [0.25, 0.3) is 0 Å². The van der Waals surface area contributed by atoms with Crippen molar-refractivity contribution in [3.05, 3.63) is 0 Å². The van der Waals surface area contributed by atoms with Crippen molar-refractivity contribution < 1.29 is 18.9 Å². The Hall–Kier alpha value is -1.11. The zero-order valence-corrected chi connectivity index (χ0v) is 11.9. The average molecular weight is 278 g/mol. The molecule has 2 atom stereocenters. The van der Waals surface area contributed by atoms with E-state index in [-0.39, 0.29) is 5.92 Å². The first kappa shape index (κ1) is 16.9. The monoisotopic (exact) mass is 278 g/mol. The van der Waals surface area contributed by atoms with Crippen molar-refractivity contribution in [3.63, 3.8) is 0 Å². The molecular weight excluding hydrogens is 256 g/mol. The molecule has 0 radical (unpaired) electrons. The summed E-state index contributed by atoms with van der Waals surface area (Å²) in [6.45, 7) is 4.18. The lowest BCUT2D eigenvalue weighted by molar-refractivity contribution is -0.139. The molecule has 6 nitrogen and oxygen atoms in total. The lowest BCUT2D eigenvalue weighted by atomic mass is 10.0. The quantitative estimate of drug-likeness (QED) is 0.565. The third kappa shape index (κ3) is 8.98. The Kier molecular flexibility index (Phi) is 8.36. The second kappa shape index (κ2) is 8.91. The Morgan fingerprint density at radius 1 is 1.33 bits per heavy atom. The predicted molar refractivity (Wildman–Crippen MR) is 71.0 cm³/mol. The Balaban J connectivity index is 3.95. The highest BCUT2D eigenvalue weighted by Gasteiger charge is 2.20. The van der Waals surface area contributed by atoms with Gasteiger partial charge in [0.2, 0.25) is 0 Å². The van der Waals surface area contributed by atoms with Gasteiger partial charge in [0.1, 0.15) is 6.04 Å². The summed E-state index contributed by atoms with van der Waals surface area (Å²) in [5.41, 5.74) is 0. The van der Waals surface area contributed by atoms with Crippen molar-refractivity contribution in [2.75, 3.05) is 18.6 Å². The first-order valence-electron chi connectivity index (χ1n) is 5.90. The second-order valence-electron chi connectivity index (χ2n) is 4.55. The minimum Gasteiger partial charge on any atom is -0.480 e. The number of urea groups is 1. The minimum absolute atomic E-state index is 0.189. The molecule has 0 aromatic heterocycles. The molecule has 0 saturated heterocycles. The first-order valence-corrected chi connectivity index (χ1v) is 7.62. The maximum atomic E-state index is 11.4. The number of amides is 2. The van der Waals surface area contributed by atoms with Gasteiger partial charge >= 0.3 is 12.0 Å². The van der Waals surface area contributed by atoms with E-state index >= 15 is 0 Å². The largest absolute Gasteiger partial charge is 0.480 e. The van der Waals surface area contributed by atoms with Crippen LogP contribution in [0.1, 0.15) is 26.7 Å². The zero-order chi connectivity index (χ0) is 14.1. The van der Waals surface area contributed by atoms with Gasteiger partial charge in [0.05, 0.1) is 0 Å². The highest BCUT2D eigenvalue weighted by atomic mass is 32.2. The summed E-state index contributed by atoms with van der Waals surface area (Å²) in [4.78, 5) is 22.3. The molecule has 0 aromatic carbocycles. The zero-order valence-electron chi connectivity index (χ0n) is 11.1. The lowest BCUT2D eigenvalue weighted by Gasteiger charge is -2.16. The van der Waals surface area contributed by atoms with Crippen molar-refractivity contribution in [2.24, 2.45) is 5.92 Å². The summed E-state index contributed by atoms with van der Waals surface area (Å²) >= 11 is 0. The molecule has 0 aliphatic rings. The van der Waals surface area contributed by atoms with E-state index < -0.39 is 28.8 Å². The molecule has 3 N–H and O–H groups in total. The summed E-state index contributed by atoms with van der Waals surface area (Å²) in [5, 5.41) is 13.9. The Bertz CT molecular complexity index is 307. The molecule has 7 heteroatoms. The Labute approximate surface area is 110 Å². The van der Waals surface area contributed by atoms with Crippen LogP contribution in [-0.2, 0) is 15.6 Å². The third-order valence-electron chi connectivity index (χ3n) is 2.20. The number of carbonyl (C=O) groups is 2. The molecule has 0 aliphatic heterocycles. The molecule has 0 rings (SSSR count). The fourth-order valence-electron chi connectivity index (χ4n) is 1.38. The number of nitrogens with one attached hydrogen (secondary N) is 2. The van der Waals surface area contributed by atoms with Crippen LogP contribution in [0.2, 0.25) is 0 Å². The standard InChI is InChI=1S/C11H22N2O4S/c1-8(2)7-9(10(14)15)13-11(16)12-5-4-6-18(3)17/h8-9H,4-7H2,1-3H3,(H,14,15)(H2,12,13,16)/t9-,18?/m0/s1. The Morgan fingerprint density at radius 2 is 1.94 bits per heavy atom. The molecule has 1 unspecified atom stereocenters. The van der Waals surface area contributed by atoms with Gasteiger partial charge in [0.15, 0.2) is 0 Å². The van der Waals surface area contributed by atoms with Gasteiger partial charge in [-0.2, -0.15) is 0 Å². The van der Waals surface area contributed by atoms with Crippen molar-refractivity contribution in [3.8, 4) is 0 Å². The van der Waals surface area contributed by atoms with Crippen LogP contribution in [0, 0.1) is 5.92 Å². The van der Waals surface area contributed by atoms with Gasteiger partial charge in [0, 0.05) is 29.4 Å². The van der Waals surface area contributed by atoms with Crippen LogP contribution in [0.5, 0.6) is 0 Å². The smallest absolute Gasteiger partial charge is 0.326 e. The Morgan fingerprint density at radius 3 is 2.39 bits per heavy atom. The number of carbonyl (C=O) groups excluding carboxylic acids is 1. The molecule has 0 saturated carbocycles. The SMILES string of the molecule is CC(C)C[C@H](NC(=O)NCCCS(C)=O)C(=O)O. The fraction of sp³-hybridized carbons (Fsp3) is 0.818. The van der Waals surface area contributed by atoms with E-state index in [9.17, 15) is 13.8 Å². The number of aliphatic carboxylic acids is 1.